The number of ketones is 1. The van der Waals surface area contributed by atoms with Crippen LogP contribution >= 0.6 is 12.2 Å². The number of hydrogen-bond acceptors (Lipinski definition) is 5. The zero-order valence-corrected chi connectivity index (χ0v) is 14.3. The van der Waals surface area contributed by atoms with Crippen molar-refractivity contribution in [3.63, 3.8) is 0 Å². The van der Waals surface area contributed by atoms with Gasteiger partial charge in [-0.15, -0.1) is 5.10 Å². The number of Topliss-reactive ketones (excluding diaryl/α,β-unsaturated/α-hetero) is 1. The number of piperidine rings is 1. The van der Waals surface area contributed by atoms with E-state index in [1.807, 2.05) is 6.92 Å². The number of rotatable bonds is 4. The van der Waals surface area contributed by atoms with Crippen LogP contribution in [0.1, 0.15) is 43.0 Å². The molecular weight excluding hydrogens is 326 g/mol. The lowest BCUT2D eigenvalue weighted by Gasteiger charge is -2.34. The van der Waals surface area contributed by atoms with Gasteiger partial charge in [-0.25, -0.2) is 5.10 Å². The van der Waals surface area contributed by atoms with Crippen molar-refractivity contribution in [2.45, 2.75) is 38.6 Å². The maximum Gasteiger partial charge on any atom is 0.284 e. The van der Waals surface area contributed by atoms with Gasteiger partial charge in [0.05, 0.1) is 6.04 Å². The Balaban J connectivity index is 1.81. The molecule has 1 aliphatic heterocycles. The molecule has 2 heterocycles. The second-order valence-corrected chi connectivity index (χ2v) is 6.20. The minimum Gasteiger partial charge on any atom is -0.409 e. The Morgan fingerprint density at radius 3 is 2.71 bits per heavy atom. The van der Waals surface area contributed by atoms with Gasteiger partial charge in [0.2, 0.25) is 5.89 Å². The highest BCUT2D eigenvalue weighted by atomic mass is 32.1. The first-order valence-corrected chi connectivity index (χ1v) is 8.50. The number of likely N-dealkylation sites (tertiary alicyclic amines) is 1. The molecule has 7 heteroatoms. The van der Waals surface area contributed by atoms with Crippen LogP contribution in [0.25, 0.3) is 11.5 Å². The van der Waals surface area contributed by atoms with Crippen LogP contribution in [-0.2, 0) is 4.79 Å². The lowest BCUT2D eigenvalue weighted by atomic mass is 9.96. The molecule has 3 rings (SSSR count). The molecule has 1 aliphatic rings. The van der Waals surface area contributed by atoms with Gasteiger partial charge in [0.25, 0.3) is 10.7 Å². The molecule has 0 aliphatic carbocycles. The van der Waals surface area contributed by atoms with E-state index in [9.17, 15) is 9.59 Å². The molecule has 1 N–H and O–H groups in total. The summed E-state index contributed by atoms with van der Waals surface area (Å²) >= 11 is 4.86. The topological polar surface area (TPSA) is 79.2 Å². The standard InChI is InChI=1S/C17H19N3O3S/c1-2-14(21)13-5-3-4-10-20(13)16(22)12-8-6-11(7-9-12)15-18-19-17(24)23-15/h6-9,13H,2-5,10H2,1H3,(H,19,24)/t13-/m1/s1. The average Bonchev–Trinajstić information content (AvgIpc) is 3.07. The molecule has 6 nitrogen and oxygen atoms in total. The molecule has 1 fully saturated rings. The van der Waals surface area contributed by atoms with E-state index in [2.05, 4.69) is 10.2 Å². The first-order chi connectivity index (χ1) is 11.6. The number of nitrogens with zero attached hydrogens (tertiary/aromatic N) is 2. The summed E-state index contributed by atoms with van der Waals surface area (Å²) in [5, 5.41) is 6.53. The van der Waals surface area contributed by atoms with E-state index in [0.717, 1.165) is 24.8 Å². The fourth-order valence-electron chi connectivity index (χ4n) is 3.02. The van der Waals surface area contributed by atoms with Crippen LogP contribution in [0.2, 0.25) is 0 Å². The molecule has 0 radical (unpaired) electrons. The summed E-state index contributed by atoms with van der Waals surface area (Å²) in [6, 6.07) is 6.70. The molecule has 0 spiro atoms. The van der Waals surface area contributed by atoms with Crippen LogP contribution in [0.5, 0.6) is 0 Å². The molecule has 1 atom stereocenters. The van der Waals surface area contributed by atoms with Gasteiger partial charge in [-0.3, -0.25) is 9.59 Å². The summed E-state index contributed by atoms with van der Waals surface area (Å²) in [5.74, 6) is 0.417. The molecule has 2 aromatic rings. The average molecular weight is 345 g/mol. The normalized spacial score (nSPS) is 17.7. The van der Waals surface area contributed by atoms with Gasteiger partial charge < -0.3 is 9.32 Å². The molecule has 126 valence electrons. The number of H-pyrrole nitrogens is 1. The third-order valence-corrected chi connectivity index (χ3v) is 4.48. The molecule has 1 aromatic heterocycles. The highest BCUT2D eigenvalue weighted by Gasteiger charge is 2.31. The van der Waals surface area contributed by atoms with Crippen LogP contribution in [-0.4, -0.2) is 39.4 Å². The molecule has 24 heavy (non-hydrogen) atoms. The van der Waals surface area contributed by atoms with Crippen molar-refractivity contribution >= 4 is 23.9 Å². The van der Waals surface area contributed by atoms with E-state index in [0.29, 0.717) is 24.4 Å². The number of amides is 1. The summed E-state index contributed by atoms with van der Waals surface area (Å²) in [6.45, 7) is 2.47. The predicted molar refractivity (Wildman–Crippen MR) is 91.1 cm³/mol. The van der Waals surface area contributed by atoms with Crippen LogP contribution in [0, 0.1) is 4.84 Å². The number of aromatic amines is 1. The molecule has 0 unspecified atom stereocenters. The van der Waals surface area contributed by atoms with Crippen LogP contribution in [0.3, 0.4) is 0 Å². The molecule has 0 saturated carbocycles. The molecule has 0 bridgehead atoms. The Kier molecular flexibility index (Phi) is 4.89. The van der Waals surface area contributed by atoms with E-state index in [1.165, 1.54) is 0 Å². The Labute approximate surface area is 144 Å². The largest absolute Gasteiger partial charge is 0.409 e. The van der Waals surface area contributed by atoms with Crippen molar-refractivity contribution in [1.29, 1.82) is 0 Å². The molecular formula is C17H19N3O3S. The van der Waals surface area contributed by atoms with Gasteiger partial charge in [0.1, 0.15) is 0 Å². The molecule has 1 aromatic carbocycles. The minimum absolute atomic E-state index is 0.101. The number of carbonyl (C=O) groups excluding carboxylic acids is 2. The van der Waals surface area contributed by atoms with Crippen molar-refractivity contribution in [2.75, 3.05) is 6.54 Å². The first kappa shape index (κ1) is 16.6. The van der Waals surface area contributed by atoms with Crippen molar-refractivity contribution in [1.82, 2.24) is 15.1 Å². The number of benzene rings is 1. The maximum atomic E-state index is 12.8. The highest BCUT2D eigenvalue weighted by Crippen LogP contribution is 2.23. The van der Waals surface area contributed by atoms with Gasteiger partial charge in [-0.05, 0) is 55.7 Å². The van der Waals surface area contributed by atoms with Crippen molar-refractivity contribution in [3.05, 3.63) is 34.7 Å². The lowest BCUT2D eigenvalue weighted by molar-refractivity contribution is -0.124. The van der Waals surface area contributed by atoms with E-state index >= 15 is 0 Å². The van der Waals surface area contributed by atoms with Crippen molar-refractivity contribution in [3.8, 4) is 11.5 Å². The molecule has 1 saturated heterocycles. The van der Waals surface area contributed by atoms with Gasteiger partial charge in [0, 0.05) is 24.1 Å². The predicted octanol–water partition coefficient (Wildman–Crippen LogP) is 3.37. The van der Waals surface area contributed by atoms with Crippen molar-refractivity contribution < 1.29 is 14.0 Å². The zero-order valence-electron chi connectivity index (χ0n) is 13.4. The van der Waals surface area contributed by atoms with E-state index in [4.69, 9.17) is 16.6 Å². The smallest absolute Gasteiger partial charge is 0.284 e. The van der Waals surface area contributed by atoms with Gasteiger partial charge in [0.15, 0.2) is 5.78 Å². The maximum absolute atomic E-state index is 12.8. The zero-order chi connectivity index (χ0) is 17.1. The fraction of sp³-hybridized carbons (Fsp3) is 0.412. The number of carbonyl (C=O) groups is 2. The van der Waals surface area contributed by atoms with Gasteiger partial charge in [-0.2, -0.15) is 0 Å². The van der Waals surface area contributed by atoms with E-state index in [1.54, 1.807) is 29.2 Å². The Morgan fingerprint density at radius 1 is 1.33 bits per heavy atom. The summed E-state index contributed by atoms with van der Waals surface area (Å²) in [7, 11) is 0. The Hall–Kier alpha value is -2.28. The van der Waals surface area contributed by atoms with Crippen molar-refractivity contribution in [2.24, 2.45) is 0 Å². The number of aromatic nitrogens is 2. The second-order valence-electron chi connectivity index (χ2n) is 5.83. The Bertz CT molecular complexity index is 794. The van der Waals surface area contributed by atoms with Crippen LogP contribution in [0.15, 0.2) is 28.7 Å². The van der Waals surface area contributed by atoms with Gasteiger partial charge >= 0.3 is 0 Å². The lowest BCUT2D eigenvalue weighted by Crippen LogP contribution is -2.47. The third-order valence-electron chi connectivity index (χ3n) is 4.30. The third kappa shape index (κ3) is 3.31. The summed E-state index contributed by atoms with van der Waals surface area (Å²) < 4.78 is 5.26. The van der Waals surface area contributed by atoms with E-state index < -0.39 is 0 Å². The van der Waals surface area contributed by atoms with Crippen LogP contribution < -0.4 is 0 Å². The SMILES string of the molecule is CCC(=O)[C@H]1CCCCN1C(=O)c1ccc(-c2n[nH]c(=S)o2)cc1. The minimum atomic E-state index is -0.292. The summed E-state index contributed by atoms with van der Waals surface area (Å²) in [4.78, 5) is 26.8. The number of nitrogens with one attached hydrogen (secondary N) is 1. The summed E-state index contributed by atoms with van der Waals surface area (Å²) in [6.07, 6.45) is 3.13. The quantitative estimate of drug-likeness (QED) is 0.860. The number of hydrogen-bond donors (Lipinski definition) is 1. The van der Waals surface area contributed by atoms with Crippen LogP contribution in [0.4, 0.5) is 0 Å². The molecule has 1 amide bonds. The summed E-state index contributed by atoms with van der Waals surface area (Å²) in [5.41, 5.74) is 1.29. The Morgan fingerprint density at radius 2 is 2.08 bits per heavy atom. The van der Waals surface area contributed by atoms with Gasteiger partial charge in [-0.1, -0.05) is 6.92 Å². The van der Waals surface area contributed by atoms with E-state index in [-0.39, 0.29) is 22.6 Å². The highest BCUT2D eigenvalue weighted by molar-refractivity contribution is 7.71. The first-order valence-electron chi connectivity index (χ1n) is 8.09. The second kappa shape index (κ2) is 7.09. The monoisotopic (exact) mass is 345 g/mol. The fourth-order valence-corrected chi connectivity index (χ4v) is 3.14.